The number of sulfonamides is 1. The predicted octanol–water partition coefficient (Wildman–Crippen LogP) is 4.46. The lowest BCUT2D eigenvalue weighted by Crippen LogP contribution is -2.31. The smallest absolute Gasteiger partial charge is 0.264 e. The lowest BCUT2D eigenvalue weighted by Gasteiger charge is -2.23. The van der Waals surface area contributed by atoms with Crippen molar-refractivity contribution >= 4 is 27.3 Å². The van der Waals surface area contributed by atoms with Crippen molar-refractivity contribution in [2.75, 3.05) is 16.2 Å². The summed E-state index contributed by atoms with van der Waals surface area (Å²) < 4.78 is 27.6. The number of para-hydroxylation sites is 2. The largest absolute Gasteiger partial charge is 0.322 e. The average molecular weight is 394 g/mol. The molecule has 0 aliphatic rings. The molecule has 0 aromatic heterocycles. The zero-order chi connectivity index (χ0) is 20.1. The average Bonchev–Trinajstić information content (AvgIpc) is 2.71. The number of rotatable bonds is 6. The first-order chi connectivity index (χ1) is 13.4. The molecule has 0 bridgehead atoms. The van der Waals surface area contributed by atoms with Gasteiger partial charge in [-0.05, 0) is 55.8 Å². The molecule has 0 aliphatic heterocycles. The molecule has 3 rings (SSSR count). The van der Waals surface area contributed by atoms with Gasteiger partial charge in [0, 0.05) is 17.8 Å². The fourth-order valence-corrected chi connectivity index (χ4v) is 4.44. The van der Waals surface area contributed by atoms with Gasteiger partial charge in [0.25, 0.3) is 15.9 Å². The van der Waals surface area contributed by atoms with Crippen molar-refractivity contribution in [3.63, 3.8) is 0 Å². The van der Waals surface area contributed by atoms with Gasteiger partial charge < -0.3 is 5.32 Å². The Morgan fingerprint density at radius 1 is 0.929 bits per heavy atom. The zero-order valence-corrected chi connectivity index (χ0v) is 16.6. The molecule has 0 unspecified atom stereocenters. The van der Waals surface area contributed by atoms with E-state index in [2.05, 4.69) is 5.32 Å². The third-order valence-electron chi connectivity index (χ3n) is 4.41. The summed E-state index contributed by atoms with van der Waals surface area (Å²) in [4.78, 5) is 12.7. The molecule has 3 aromatic rings. The molecule has 0 atom stereocenters. The van der Waals surface area contributed by atoms with Crippen LogP contribution in [0.2, 0.25) is 0 Å². The molecular formula is C22H22N2O3S. The number of amides is 1. The molecule has 28 heavy (non-hydrogen) atoms. The van der Waals surface area contributed by atoms with E-state index in [9.17, 15) is 13.2 Å². The fourth-order valence-electron chi connectivity index (χ4n) is 2.92. The molecule has 0 saturated carbocycles. The first-order valence-electron chi connectivity index (χ1n) is 8.98. The minimum absolute atomic E-state index is 0.0793. The second-order valence-corrected chi connectivity index (χ2v) is 8.16. The molecule has 144 valence electrons. The minimum Gasteiger partial charge on any atom is -0.322 e. The number of nitrogens with zero attached hydrogens (tertiary/aromatic N) is 1. The molecule has 0 saturated heterocycles. The van der Waals surface area contributed by atoms with Crippen molar-refractivity contribution in [1.82, 2.24) is 0 Å². The second kappa shape index (κ2) is 8.27. The molecule has 6 heteroatoms. The molecule has 5 nitrogen and oxygen atoms in total. The normalized spacial score (nSPS) is 11.1. The van der Waals surface area contributed by atoms with Gasteiger partial charge in [-0.3, -0.25) is 9.10 Å². The van der Waals surface area contributed by atoms with Crippen molar-refractivity contribution in [2.24, 2.45) is 0 Å². The van der Waals surface area contributed by atoms with Gasteiger partial charge in [-0.2, -0.15) is 0 Å². The van der Waals surface area contributed by atoms with E-state index in [0.717, 1.165) is 5.56 Å². The highest BCUT2D eigenvalue weighted by Crippen LogP contribution is 2.24. The van der Waals surface area contributed by atoms with Crippen LogP contribution in [0, 0.1) is 6.92 Å². The minimum atomic E-state index is -3.79. The Hall–Kier alpha value is -3.12. The highest BCUT2D eigenvalue weighted by molar-refractivity contribution is 7.92. The van der Waals surface area contributed by atoms with Crippen molar-refractivity contribution in [3.05, 3.63) is 90.0 Å². The van der Waals surface area contributed by atoms with Crippen LogP contribution >= 0.6 is 0 Å². The molecular weight excluding hydrogens is 372 g/mol. The highest BCUT2D eigenvalue weighted by Gasteiger charge is 2.24. The van der Waals surface area contributed by atoms with Crippen LogP contribution in [0.4, 0.5) is 11.4 Å². The van der Waals surface area contributed by atoms with Gasteiger partial charge in [0.15, 0.2) is 0 Å². The quantitative estimate of drug-likeness (QED) is 0.671. The van der Waals surface area contributed by atoms with Crippen molar-refractivity contribution in [2.45, 2.75) is 18.7 Å². The molecule has 1 amide bonds. The molecule has 0 radical (unpaired) electrons. The Morgan fingerprint density at radius 3 is 2.29 bits per heavy atom. The van der Waals surface area contributed by atoms with Crippen LogP contribution in [0.25, 0.3) is 0 Å². The summed E-state index contributed by atoms with van der Waals surface area (Å²) in [5.41, 5.74) is 2.49. The summed E-state index contributed by atoms with van der Waals surface area (Å²) in [6.07, 6.45) is 0. The molecule has 3 aromatic carbocycles. The number of carbonyl (C=O) groups is 1. The maximum absolute atomic E-state index is 13.1. The molecule has 0 heterocycles. The Morgan fingerprint density at radius 2 is 1.61 bits per heavy atom. The van der Waals surface area contributed by atoms with Crippen LogP contribution in [0.1, 0.15) is 22.8 Å². The van der Waals surface area contributed by atoms with E-state index < -0.39 is 10.0 Å². The van der Waals surface area contributed by atoms with E-state index in [1.54, 1.807) is 43.3 Å². The van der Waals surface area contributed by atoms with Gasteiger partial charge in [-0.15, -0.1) is 0 Å². The number of nitrogens with one attached hydrogen (secondary N) is 1. The van der Waals surface area contributed by atoms with Gasteiger partial charge in [-0.25, -0.2) is 8.42 Å². The Bertz CT molecular complexity index is 1080. The van der Waals surface area contributed by atoms with Gasteiger partial charge in [0.05, 0.1) is 10.6 Å². The SMILES string of the molecule is CCN(c1ccccc1)S(=O)(=O)c1cccc(C(=O)Nc2ccccc2C)c1. The fraction of sp³-hybridized carbons (Fsp3) is 0.136. The lowest BCUT2D eigenvalue weighted by atomic mass is 10.1. The molecule has 0 spiro atoms. The summed E-state index contributed by atoms with van der Waals surface area (Å²) in [7, 11) is -3.79. The van der Waals surface area contributed by atoms with Crippen LogP contribution in [0.5, 0.6) is 0 Å². The maximum atomic E-state index is 13.1. The summed E-state index contributed by atoms with van der Waals surface area (Å²) >= 11 is 0. The number of hydrogen-bond acceptors (Lipinski definition) is 3. The van der Waals surface area contributed by atoms with Crippen LogP contribution in [-0.4, -0.2) is 20.9 Å². The first kappa shape index (κ1) is 19.6. The third-order valence-corrected chi connectivity index (χ3v) is 6.31. The first-order valence-corrected chi connectivity index (χ1v) is 10.4. The highest BCUT2D eigenvalue weighted by atomic mass is 32.2. The Kier molecular flexibility index (Phi) is 5.80. The van der Waals surface area contributed by atoms with E-state index in [1.807, 2.05) is 37.3 Å². The summed E-state index contributed by atoms with van der Waals surface area (Å²) in [6, 6.07) is 22.4. The number of hydrogen-bond donors (Lipinski definition) is 1. The maximum Gasteiger partial charge on any atom is 0.264 e. The predicted molar refractivity (Wildman–Crippen MR) is 112 cm³/mol. The van der Waals surface area contributed by atoms with Crippen LogP contribution in [0.3, 0.4) is 0 Å². The summed E-state index contributed by atoms with van der Waals surface area (Å²) in [5, 5.41) is 2.83. The summed E-state index contributed by atoms with van der Waals surface area (Å²) in [6.45, 7) is 3.96. The van der Waals surface area contributed by atoms with Crippen molar-refractivity contribution in [1.29, 1.82) is 0 Å². The van der Waals surface area contributed by atoms with Gasteiger partial charge in [-0.1, -0.05) is 42.5 Å². The third kappa shape index (κ3) is 4.07. The van der Waals surface area contributed by atoms with Crippen LogP contribution in [0.15, 0.2) is 83.8 Å². The Labute approximate surface area is 165 Å². The monoisotopic (exact) mass is 394 g/mol. The molecule has 0 fully saturated rings. The van der Waals surface area contributed by atoms with E-state index in [0.29, 0.717) is 11.4 Å². The Balaban J connectivity index is 1.92. The standard InChI is InChI=1S/C22H22N2O3S/c1-3-24(19-12-5-4-6-13-19)28(26,27)20-14-9-11-18(16-20)22(25)23-21-15-8-7-10-17(21)2/h4-16H,3H2,1-2H3,(H,23,25). The number of carbonyl (C=O) groups excluding carboxylic acids is 1. The van der Waals surface area contributed by atoms with Crippen molar-refractivity contribution < 1.29 is 13.2 Å². The van der Waals surface area contributed by atoms with Crippen LogP contribution < -0.4 is 9.62 Å². The number of anilines is 2. The van der Waals surface area contributed by atoms with E-state index >= 15 is 0 Å². The van der Waals surface area contributed by atoms with Gasteiger partial charge in [0.2, 0.25) is 0 Å². The molecule has 1 N–H and O–H groups in total. The van der Waals surface area contributed by atoms with Gasteiger partial charge >= 0.3 is 0 Å². The topological polar surface area (TPSA) is 66.5 Å². The summed E-state index contributed by atoms with van der Waals surface area (Å²) in [5.74, 6) is -0.353. The number of aryl methyl sites for hydroxylation is 1. The van der Waals surface area contributed by atoms with Gasteiger partial charge in [0.1, 0.15) is 0 Å². The van der Waals surface area contributed by atoms with E-state index in [-0.39, 0.29) is 22.9 Å². The van der Waals surface area contributed by atoms with Crippen LogP contribution in [-0.2, 0) is 10.0 Å². The van der Waals surface area contributed by atoms with Crippen molar-refractivity contribution in [3.8, 4) is 0 Å². The van der Waals surface area contributed by atoms with E-state index in [1.165, 1.54) is 16.4 Å². The van der Waals surface area contributed by atoms with E-state index in [4.69, 9.17) is 0 Å². The molecule has 0 aliphatic carbocycles. The zero-order valence-electron chi connectivity index (χ0n) is 15.8. The lowest BCUT2D eigenvalue weighted by molar-refractivity contribution is 0.102. The number of benzene rings is 3. The second-order valence-electron chi connectivity index (χ2n) is 6.30.